The van der Waals surface area contributed by atoms with Gasteiger partial charge in [0.25, 0.3) is 5.91 Å². The second kappa shape index (κ2) is 6.27. The second-order valence-electron chi connectivity index (χ2n) is 3.68. The summed E-state index contributed by atoms with van der Waals surface area (Å²) in [6.07, 6.45) is 0. The van der Waals surface area contributed by atoms with E-state index >= 15 is 0 Å². The molecule has 6 heteroatoms. The number of carbonyl (C=O) groups is 1. The summed E-state index contributed by atoms with van der Waals surface area (Å²) in [4.78, 5) is 12.2. The maximum atomic E-state index is 12.2. The van der Waals surface area contributed by atoms with Crippen LogP contribution in [0.1, 0.15) is 10.4 Å². The number of anilines is 1. The second-order valence-corrected chi connectivity index (χ2v) is 6.20. The van der Waals surface area contributed by atoms with Crippen LogP contribution in [0, 0.1) is 0 Å². The largest absolute Gasteiger partial charge is 0.321 e. The molecule has 2 aromatic rings. The van der Waals surface area contributed by atoms with Gasteiger partial charge >= 0.3 is 0 Å². The number of hydrogen-bond acceptors (Lipinski definition) is 1. The van der Waals surface area contributed by atoms with E-state index in [1.807, 2.05) is 0 Å². The van der Waals surface area contributed by atoms with Crippen LogP contribution >= 0.6 is 55.1 Å². The fourth-order valence-corrected chi connectivity index (χ4v) is 2.82. The monoisotopic (exact) mass is 421 g/mol. The molecule has 0 atom stereocenters. The highest BCUT2D eigenvalue weighted by Gasteiger charge is 2.13. The van der Waals surface area contributed by atoms with Crippen molar-refractivity contribution in [2.24, 2.45) is 0 Å². The molecule has 2 aromatic carbocycles. The molecule has 0 radical (unpaired) electrons. The van der Waals surface area contributed by atoms with E-state index in [0.29, 0.717) is 30.2 Å². The predicted molar refractivity (Wildman–Crippen MR) is 86.3 cm³/mol. The molecule has 0 saturated heterocycles. The fourth-order valence-electron chi connectivity index (χ4n) is 1.46. The summed E-state index contributed by atoms with van der Waals surface area (Å²) in [5.74, 6) is -0.283. The smallest absolute Gasteiger partial charge is 0.257 e. The predicted octanol–water partition coefficient (Wildman–Crippen LogP) is 5.77. The zero-order valence-electron chi connectivity index (χ0n) is 9.38. The summed E-state index contributed by atoms with van der Waals surface area (Å²) in [6.45, 7) is 0. The Balaban J connectivity index is 2.28. The molecule has 98 valence electrons. The Morgan fingerprint density at radius 2 is 1.79 bits per heavy atom. The van der Waals surface area contributed by atoms with Gasteiger partial charge in [0.15, 0.2) is 0 Å². The Morgan fingerprint density at radius 3 is 2.47 bits per heavy atom. The lowest BCUT2D eigenvalue weighted by molar-refractivity contribution is 0.102. The first kappa shape index (κ1) is 14.9. The van der Waals surface area contributed by atoms with E-state index in [4.69, 9.17) is 23.2 Å². The van der Waals surface area contributed by atoms with Gasteiger partial charge in [-0.25, -0.2) is 0 Å². The molecule has 1 N–H and O–H groups in total. The highest BCUT2D eigenvalue weighted by Crippen LogP contribution is 2.29. The molecular weight excluding hydrogens is 417 g/mol. The maximum absolute atomic E-state index is 12.2. The SMILES string of the molecule is O=C(Nc1ccc(Cl)cc1Br)c1cccc(Br)c1Cl. The molecule has 0 aliphatic heterocycles. The van der Waals surface area contributed by atoms with Gasteiger partial charge in [-0.1, -0.05) is 29.3 Å². The van der Waals surface area contributed by atoms with Crippen molar-refractivity contribution in [3.8, 4) is 0 Å². The molecule has 0 fully saturated rings. The lowest BCUT2D eigenvalue weighted by atomic mass is 10.2. The van der Waals surface area contributed by atoms with Gasteiger partial charge in [-0.3, -0.25) is 4.79 Å². The third-order valence-corrected chi connectivity index (χ3v) is 4.56. The quantitative estimate of drug-likeness (QED) is 0.652. The molecule has 2 nitrogen and oxygen atoms in total. The van der Waals surface area contributed by atoms with Crippen molar-refractivity contribution in [2.45, 2.75) is 0 Å². The van der Waals surface area contributed by atoms with Crippen molar-refractivity contribution < 1.29 is 4.79 Å². The topological polar surface area (TPSA) is 29.1 Å². The lowest BCUT2D eigenvalue weighted by Crippen LogP contribution is -2.12. The Hall–Kier alpha value is -0.550. The molecule has 0 aromatic heterocycles. The normalized spacial score (nSPS) is 10.3. The van der Waals surface area contributed by atoms with Crippen molar-refractivity contribution in [3.05, 3.63) is 61.0 Å². The number of nitrogens with one attached hydrogen (secondary N) is 1. The van der Waals surface area contributed by atoms with Crippen LogP contribution in [-0.2, 0) is 0 Å². The third-order valence-electron chi connectivity index (χ3n) is 2.38. The molecule has 0 saturated carbocycles. The zero-order chi connectivity index (χ0) is 14.0. The van der Waals surface area contributed by atoms with Crippen molar-refractivity contribution in [1.29, 1.82) is 0 Å². The highest BCUT2D eigenvalue weighted by molar-refractivity contribution is 9.11. The molecule has 0 aliphatic carbocycles. The van der Waals surface area contributed by atoms with Crippen LogP contribution in [0.25, 0.3) is 0 Å². The zero-order valence-corrected chi connectivity index (χ0v) is 14.1. The van der Waals surface area contributed by atoms with Crippen LogP contribution in [0.15, 0.2) is 45.3 Å². The average Bonchev–Trinajstić information content (AvgIpc) is 2.36. The summed E-state index contributed by atoms with van der Waals surface area (Å²) in [7, 11) is 0. The van der Waals surface area contributed by atoms with E-state index in [0.717, 1.165) is 0 Å². The molecule has 0 aliphatic rings. The summed E-state index contributed by atoms with van der Waals surface area (Å²) in [5, 5.41) is 3.74. The standard InChI is InChI=1S/C13H7Br2Cl2NO/c14-9-3-1-2-8(12(9)17)13(19)18-11-5-4-7(16)6-10(11)15/h1-6H,(H,18,19). The Bertz CT molecular complexity index is 647. The molecule has 0 bridgehead atoms. The fraction of sp³-hybridized carbons (Fsp3) is 0. The summed E-state index contributed by atoms with van der Waals surface area (Å²) in [5.41, 5.74) is 1.03. The summed E-state index contributed by atoms with van der Waals surface area (Å²) < 4.78 is 1.39. The highest BCUT2D eigenvalue weighted by atomic mass is 79.9. The van der Waals surface area contributed by atoms with Gasteiger partial charge in [0.1, 0.15) is 0 Å². The number of benzene rings is 2. The van der Waals surface area contributed by atoms with Crippen molar-refractivity contribution in [1.82, 2.24) is 0 Å². The Kier molecular flexibility index (Phi) is 4.90. The van der Waals surface area contributed by atoms with Gasteiger partial charge in [-0.2, -0.15) is 0 Å². The summed E-state index contributed by atoms with van der Waals surface area (Å²) >= 11 is 18.6. The Morgan fingerprint density at radius 1 is 1.05 bits per heavy atom. The van der Waals surface area contributed by atoms with Crippen LogP contribution in [0.2, 0.25) is 10.0 Å². The first-order valence-corrected chi connectivity index (χ1v) is 7.53. The molecule has 0 heterocycles. The van der Waals surface area contributed by atoms with E-state index < -0.39 is 0 Å². The number of rotatable bonds is 2. The molecule has 1 amide bonds. The molecule has 2 rings (SSSR count). The van der Waals surface area contributed by atoms with E-state index in [1.165, 1.54) is 0 Å². The number of carbonyl (C=O) groups excluding carboxylic acids is 1. The third kappa shape index (κ3) is 3.51. The number of halogens is 4. The first-order valence-electron chi connectivity index (χ1n) is 5.19. The van der Waals surface area contributed by atoms with Gasteiger partial charge in [0.2, 0.25) is 0 Å². The van der Waals surface area contributed by atoms with Crippen LogP contribution in [0.3, 0.4) is 0 Å². The number of amides is 1. The summed E-state index contributed by atoms with van der Waals surface area (Å²) in [6, 6.07) is 10.3. The first-order chi connectivity index (χ1) is 8.99. The molecular formula is C13H7Br2Cl2NO. The van der Waals surface area contributed by atoms with E-state index in [-0.39, 0.29) is 5.91 Å². The van der Waals surface area contributed by atoms with Crippen LogP contribution < -0.4 is 5.32 Å². The Labute approximate surface area is 137 Å². The minimum Gasteiger partial charge on any atom is -0.321 e. The minimum atomic E-state index is -0.283. The van der Waals surface area contributed by atoms with Gasteiger partial charge in [0, 0.05) is 14.0 Å². The van der Waals surface area contributed by atoms with Crippen LogP contribution in [-0.4, -0.2) is 5.91 Å². The maximum Gasteiger partial charge on any atom is 0.257 e. The van der Waals surface area contributed by atoms with Crippen LogP contribution in [0.5, 0.6) is 0 Å². The van der Waals surface area contributed by atoms with Crippen molar-refractivity contribution in [3.63, 3.8) is 0 Å². The lowest BCUT2D eigenvalue weighted by Gasteiger charge is -2.09. The minimum absolute atomic E-state index is 0.283. The van der Waals surface area contributed by atoms with E-state index in [9.17, 15) is 4.79 Å². The molecule has 19 heavy (non-hydrogen) atoms. The van der Waals surface area contributed by atoms with Gasteiger partial charge in [-0.15, -0.1) is 0 Å². The van der Waals surface area contributed by atoms with E-state index in [2.05, 4.69) is 37.2 Å². The van der Waals surface area contributed by atoms with Gasteiger partial charge < -0.3 is 5.32 Å². The average molecular weight is 424 g/mol. The van der Waals surface area contributed by atoms with Crippen molar-refractivity contribution in [2.75, 3.05) is 5.32 Å². The van der Waals surface area contributed by atoms with Crippen molar-refractivity contribution >= 4 is 66.7 Å². The van der Waals surface area contributed by atoms with Crippen LogP contribution in [0.4, 0.5) is 5.69 Å². The molecule has 0 spiro atoms. The molecule has 0 unspecified atom stereocenters. The number of hydrogen-bond donors (Lipinski definition) is 1. The van der Waals surface area contributed by atoms with Gasteiger partial charge in [0.05, 0.1) is 16.3 Å². The van der Waals surface area contributed by atoms with Gasteiger partial charge in [-0.05, 0) is 62.2 Å². The van der Waals surface area contributed by atoms with E-state index in [1.54, 1.807) is 36.4 Å².